The number of benzene rings is 1. The average Bonchev–Trinajstić information content (AvgIpc) is 3.23. The molecule has 0 bridgehead atoms. The lowest BCUT2D eigenvalue weighted by molar-refractivity contribution is -0.179. The van der Waals surface area contributed by atoms with E-state index in [1.807, 2.05) is 0 Å². The summed E-state index contributed by atoms with van der Waals surface area (Å²) < 4.78 is 33.1. The molecule has 2 saturated heterocycles. The third-order valence-electron chi connectivity index (χ3n) is 6.07. The van der Waals surface area contributed by atoms with Crippen LogP contribution in [0, 0.1) is 11.6 Å². The molecule has 1 aromatic rings. The molecule has 11 heteroatoms. The van der Waals surface area contributed by atoms with E-state index in [-0.39, 0.29) is 23.4 Å². The number of hydrogen-bond acceptors (Lipinski definition) is 7. The van der Waals surface area contributed by atoms with Crippen LogP contribution in [-0.4, -0.2) is 76.0 Å². The smallest absolute Gasteiger partial charge is 0.276 e. The number of aliphatic hydroxyl groups excluding tert-OH is 2. The summed E-state index contributed by atoms with van der Waals surface area (Å²) in [5.41, 5.74) is -1.63. The van der Waals surface area contributed by atoms with Crippen LogP contribution < -0.4 is 5.32 Å². The standard InChI is InChI=1S/C20H22F2N4O5/c1-24-19(30)15-17(28)16(27)12(9-26(15)25(2)20(24)6-7-31-10-20)18(29)23-8-11-13(21)4-3-5-14(11)22/h3-5,9,16,27-28H,6-8,10H2,1-2H3,(H,23,29). The number of rotatable bonds is 3. The second kappa shape index (κ2) is 7.59. The van der Waals surface area contributed by atoms with Crippen molar-refractivity contribution in [1.29, 1.82) is 0 Å². The fraction of sp³-hybridized carbons (Fsp3) is 0.400. The van der Waals surface area contributed by atoms with Crippen LogP contribution in [0.5, 0.6) is 0 Å². The number of nitrogens with one attached hydrogen (secondary N) is 1. The summed E-state index contributed by atoms with van der Waals surface area (Å²) in [6.45, 7) is 0.184. The van der Waals surface area contributed by atoms with Crippen LogP contribution in [-0.2, 0) is 20.9 Å². The summed E-state index contributed by atoms with van der Waals surface area (Å²) in [7, 11) is 3.25. The van der Waals surface area contributed by atoms with E-state index in [9.17, 15) is 28.6 Å². The van der Waals surface area contributed by atoms with E-state index >= 15 is 0 Å². The quantitative estimate of drug-likeness (QED) is 0.628. The van der Waals surface area contributed by atoms with Gasteiger partial charge in [0.05, 0.1) is 18.8 Å². The van der Waals surface area contributed by atoms with Gasteiger partial charge in [-0.15, -0.1) is 0 Å². The zero-order chi connectivity index (χ0) is 22.5. The molecule has 3 heterocycles. The molecule has 2 amide bonds. The van der Waals surface area contributed by atoms with Crippen molar-refractivity contribution in [2.24, 2.45) is 0 Å². The van der Waals surface area contributed by atoms with Gasteiger partial charge in [-0.25, -0.2) is 8.78 Å². The lowest BCUT2D eigenvalue weighted by Crippen LogP contribution is -2.70. The number of hydrogen-bond donors (Lipinski definition) is 3. The third kappa shape index (κ3) is 3.16. The molecule has 166 valence electrons. The van der Waals surface area contributed by atoms with Gasteiger partial charge in [-0.05, 0) is 12.1 Å². The Labute approximate surface area is 176 Å². The molecule has 3 N–H and O–H groups in total. The summed E-state index contributed by atoms with van der Waals surface area (Å²) >= 11 is 0. The van der Waals surface area contributed by atoms with Crippen LogP contribution in [0.4, 0.5) is 8.78 Å². The maximum atomic E-state index is 13.8. The van der Waals surface area contributed by atoms with Gasteiger partial charge in [0.2, 0.25) is 0 Å². The predicted molar refractivity (Wildman–Crippen MR) is 102 cm³/mol. The molecule has 2 fully saturated rings. The third-order valence-corrected chi connectivity index (χ3v) is 6.07. The van der Waals surface area contributed by atoms with Crippen molar-refractivity contribution in [3.63, 3.8) is 0 Å². The van der Waals surface area contributed by atoms with E-state index in [0.717, 1.165) is 12.1 Å². The molecule has 3 aliphatic rings. The predicted octanol–water partition coefficient (Wildman–Crippen LogP) is 0.346. The first-order chi connectivity index (χ1) is 14.7. The Hall–Kier alpha value is -3.02. The maximum Gasteiger partial charge on any atom is 0.276 e. The molecule has 31 heavy (non-hydrogen) atoms. The Morgan fingerprint density at radius 3 is 2.61 bits per heavy atom. The topological polar surface area (TPSA) is 106 Å². The Morgan fingerprint density at radius 1 is 1.32 bits per heavy atom. The largest absolute Gasteiger partial charge is 0.507 e. The van der Waals surface area contributed by atoms with Gasteiger partial charge >= 0.3 is 0 Å². The van der Waals surface area contributed by atoms with E-state index in [2.05, 4.69) is 5.32 Å². The molecule has 2 atom stereocenters. The normalized spacial score (nSPS) is 26.4. The minimum absolute atomic E-state index is 0.188. The van der Waals surface area contributed by atoms with Gasteiger partial charge in [0.1, 0.15) is 23.4 Å². The van der Waals surface area contributed by atoms with E-state index in [0.29, 0.717) is 13.0 Å². The Bertz CT molecular complexity index is 985. The van der Waals surface area contributed by atoms with Crippen LogP contribution in [0.25, 0.3) is 0 Å². The Morgan fingerprint density at radius 2 is 2.00 bits per heavy atom. The summed E-state index contributed by atoms with van der Waals surface area (Å²) in [6.07, 6.45) is -0.0465. The molecule has 1 spiro atoms. The van der Waals surface area contributed by atoms with Gasteiger partial charge in [-0.3, -0.25) is 14.6 Å². The van der Waals surface area contributed by atoms with E-state index in [1.54, 1.807) is 19.1 Å². The Kier molecular flexibility index (Phi) is 5.20. The summed E-state index contributed by atoms with van der Waals surface area (Å²) in [4.78, 5) is 27.1. The summed E-state index contributed by atoms with van der Waals surface area (Å²) in [6, 6.07) is 3.33. The minimum atomic E-state index is -1.78. The number of aliphatic hydroxyl groups is 2. The van der Waals surface area contributed by atoms with Crippen molar-refractivity contribution in [1.82, 2.24) is 20.2 Å². The van der Waals surface area contributed by atoms with Crippen molar-refractivity contribution in [3.8, 4) is 0 Å². The molecule has 0 saturated carbocycles. The molecule has 0 aliphatic carbocycles. The van der Waals surface area contributed by atoms with Gasteiger partial charge in [0.15, 0.2) is 11.5 Å². The van der Waals surface area contributed by atoms with Gasteiger partial charge in [0.25, 0.3) is 11.8 Å². The number of carbonyl (C=O) groups excluding carboxylic acids is 2. The summed E-state index contributed by atoms with van der Waals surface area (Å²) in [5, 5.41) is 26.3. The van der Waals surface area contributed by atoms with Gasteiger partial charge in [-0.1, -0.05) is 6.07 Å². The number of fused-ring (bicyclic) bond motifs is 1. The maximum absolute atomic E-state index is 13.8. The highest BCUT2D eigenvalue weighted by Crippen LogP contribution is 2.40. The lowest BCUT2D eigenvalue weighted by atomic mass is 9.98. The van der Waals surface area contributed by atoms with E-state index in [1.165, 1.54) is 22.2 Å². The van der Waals surface area contributed by atoms with Crippen molar-refractivity contribution in [2.75, 3.05) is 27.3 Å². The molecular formula is C20H22F2N4O5. The molecule has 2 unspecified atom stereocenters. The first kappa shape index (κ1) is 21.2. The fourth-order valence-electron chi connectivity index (χ4n) is 4.09. The molecule has 3 aliphatic heterocycles. The second-order valence-corrected chi connectivity index (χ2v) is 7.62. The van der Waals surface area contributed by atoms with Crippen LogP contribution in [0.15, 0.2) is 41.4 Å². The number of halogens is 2. The van der Waals surface area contributed by atoms with Gasteiger partial charge < -0.3 is 25.2 Å². The van der Waals surface area contributed by atoms with E-state index < -0.39 is 47.5 Å². The van der Waals surface area contributed by atoms with E-state index in [4.69, 9.17) is 4.74 Å². The van der Waals surface area contributed by atoms with Crippen molar-refractivity contribution >= 4 is 11.8 Å². The molecule has 4 rings (SSSR count). The second-order valence-electron chi connectivity index (χ2n) is 7.62. The average molecular weight is 436 g/mol. The minimum Gasteiger partial charge on any atom is -0.507 e. The Balaban J connectivity index is 1.63. The van der Waals surface area contributed by atoms with Gasteiger partial charge in [0, 0.05) is 38.8 Å². The number of ether oxygens (including phenoxy) is 1. The van der Waals surface area contributed by atoms with Crippen LogP contribution in [0.3, 0.4) is 0 Å². The number of amides is 2. The fourth-order valence-corrected chi connectivity index (χ4v) is 4.09. The molecule has 9 nitrogen and oxygen atoms in total. The molecule has 1 aromatic carbocycles. The van der Waals surface area contributed by atoms with Crippen molar-refractivity contribution in [2.45, 2.75) is 24.7 Å². The van der Waals surface area contributed by atoms with Gasteiger partial charge in [-0.2, -0.15) is 5.01 Å². The highest BCUT2D eigenvalue weighted by Gasteiger charge is 2.54. The highest BCUT2D eigenvalue weighted by molar-refractivity contribution is 5.99. The number of nitrogens with zero attached hydrogens (tertiary/aromatic N) is 3. The first-order valence-electron chi connectivity index (χ1n) is 9.62. The summed E-state index contributed by atoms with van der Waals surface area (Å²) in [5.74, 6) is -3.73. The SMILES string of the molecule is CN1C(=O)C2=C(O)C(O)C(C(=O)NCc3c(F)cccc3F)=CN2N(C)C12CCOC2. The van der Waals surface area contributed by atoms with Crippen molar-refractivity contribution < 1.29 is 33.3 Å². The zero-order valence-corrected chi connectivity index (χ0v) is 16.9. The zero-order valence-electron chi connectivity index (χ0n) is 16.9. The number of hydrazine groups is 1. The number of likely N-dealkylation sites (N-methyl/N-ethyl adjacent to an activating group) is 2. The van der Waals surface area contributed by atoms with Crippen molar-refractivity contribution in [3.05, 3.63) is 58.6 Å². The highest BCUT2D eigenvalue weighted by atomic mass is 19.1. The number of carbonyl (C=O) groups is 2. The molecular weight excluding hydrogens is 414 g/mol. The monoisotopic (exact) mass is 436 g/mol. The van der Waals surface area contributed by atoms with Crippen LogP contribution in [0.2, 0.25) is 0 Å². The lowest BCUT2D eigenvalue weighted by Gasteiger charge is -2.54. The van der Waals surface area contributed by atoms with Crippen LogP contribution >= 0.6 is 0 Å². The van der Waals surface area contributed by atoms with Crippen LogP contribution in [0.1, 0.15) is 12.0 Å². The molecule has 0 aromatic heterocycles. The molecule has 0 radical (unpaired) electrons. The first-order valence-corrected chi connectivity index (χ1v) is 9.62.